The number of imide groups is 1. The minimum Gasteiger partial charge on any atom is -0.319 e. The fourth-order valence-corrected chi connectivity index (χ4v) is 4.99. The van der Waals surface area contributed by atoms with Gasteiger partial charge in [0.15, 0.2) is 5.54 Å². The minimum absolute atomic E-state index is 0.169. The maximum absolute atomic E-state index is 13.8. The average molecular weight is 444 g/mol. The number of carbonyl (C=O) groups is 3. The van der Waals surface area contributed by atoms with Crippen molar-refractivity contribution in [3.63, 3.8) is 0 Å². The Labute approximate surface area is 194 Å². The van der Waals surface area contributed by atoms with E-state index in [0.717, 1.165) is 60.2 Å². The molecule has 0 spiro atoms. The van der Waals surface area contributed by atoms with Gasteiger partial charge in [0.1, 0.15) is 6.54 Å². The predicted molar refractivity (Wildman–Crippen MR) is 125 cm³/mol. The van der Waals surface area contributed by atoms with Gasteiger partial charge in [0, 0.05) is 18.2 Å². The third-order valence-corrected chi connectivity index (χ3v) is 6.80. The summed E-state index contributed by atoms with van der Waals surface area (Å²) in [5.74, 6) is -0.540. The summed E-state index contributed by atoms with van der Waals surface area (Å²) in [6.07, 6.45) is 8.49. The summed E-state index contributed by atoms with van der Waals surface area (Å²) < 4.78 is 0. The van der Waals surface area contributed by atoms with E-state index in [1.165, 1.54) is 0 Å². The Morgan fingerprint density at radius 3 is 2.33 bits per heavy atom. The van der Waals surface area contributed by atoms with E-state index < -0.39 is 11.6 Å². The van der Waals surface area contributed by atoms with Crippen LogP contribution in [0.25, 0.3) is 0 Å². The number of benzene rings is 2. The van der Waals surface area contributed by atoms with Crippen molar-refractivity contribution in [2.75, 3.05) is 6.54 Å². The van der Waals surface area contributed by atoms with E-state index in [1.54, 1.807) is 0 Å². The Hall–Kier alpha value is -3.41. The van der Waals surface area contributed by atoms with Crippen LogP contribution in [0.2, 0.25) is 0 Å². The lowest BCUT2D eigenvalue weighted by molar-refractivity contribution is -0.138. The lowest BCUT2D eigenvalue weighted by atomic mass is 9.83. The highest BCUT2D eigenvalue weighted by Gasteiger charge is 2.53. The fraction of sp³-hybridized carbons (Fsp3) is 0.370. The van der Waals surface area contributed by atoms with Crippen LogP contribution < -0.4 is 5.32 Å². The van der Waals surface area contributed by atoms with Gasteiger partial charge in [-0.3, -0.25) is 14.5 Å². The van der Waals surface area contributed by atoms with E-state index in [0.29, 0.717) is 6.42 Å². The topological polar surface area (TPSA) is 69.7 Å². The molecule has 5 rings (SSSR count). The van der Waals surface area contributed by atoms with Gasteiger partial charge in [0.25, 0.3) is 5.91 Å². The van der Waals surface area contributed by atoms with Crippen molar-refractivity contribution in [3.8, 4) is 0 Å². The van der Waals surface area contributed by atoms with Gasteiger partial charge in [-0.25, -0.2) is 4.79 Å². The second-order valence-electron chi connectivity index (χ2n) is 9.19. The lowest BCUT2D eigenvalue weighted by Crippen LogP contribution is -2.47. The quantitative estimate of drug-likeness (QED) is 0.655. The van der Waals surface area contributed by atoms with E-state index in [4.69, 9.17) is 0 Å². The number of carbonyl (C=O) groups excluding carboxylic acids is 3. The molecule has 1 aliphatic heterocycles. The van der Waals surface area contributed by atoms with E-state index in [1.807, 2.05) is 65.6 Å². The smallest absolute Gasteiger partial charge is 0.319 e. The molecule has 6 nitrogen and oxygen atoms in total. The summed E-state index contributed by atoms with van der Waals surface area (Å²) in [5, 5.41) is 2.95. The van der Waals surface area contributed by atoms with Crippen molar-refractivity contribution in [3.05, 3.63) is 83.6 Å². The first-order valence-electron chi connectivity index (χ1n) is 11.8. The summed E-state index contributed by atoms with van der Waals surface area (Å²) in [4.78, 5) is 43.3. The summed E-state index contributed by atoms with van der Waals surface area (Å²) >= 11 is 0. The summed E-state index contributed by atoms with van der Waals surface area (Å²) in [6, 6.07) is 18.7. The van der Waals surface area contributed by atoms with Gasteiger partial charge in [-0.1, -0.05) is 66.7 Å². The highest BCUT2D eigenvalue weighted by Crippen LogP contribution is 2.36. The van der Waals surface area contributed by atoms with E-state index in [2.05, 4.69) is 11.4 Å². The fourth-order valence-electron chi connectivity index (χ4n) is 4.99. The van der Waals surface area contributed by atoms with Crippen LogP contribution in [0.15, 0.2) is 72.4 Å². The van der Waals surface area contributed by atoms with Gasteiger partial charge in [-0.15, -0.1) is 0 Å². The van der Waals surface area contributed by atoms with Gasteiger partial charge in [0.05, 0.1) is 0 Å². The monoisotopic (exact) mass is 443 g/mol. The summed E-state index contributed by atoms with van der Waals surface area (Å²) in [6.45, 7) is -0.234. The Kier molecular flexibility index (Phi) is 5.75. The predicted octanol–water partition coefficient (Wildman–Crippen LogP) is 4.13. The minimum atomic E-state index is -1.23. The number of nitrogens with zero attached hydrogens (tertiary/aromatic N) is 2. The van der Waals surface area contributed by atoms with Gasteiger partial charge >= 0.3 is 6.03 Å². The number of hydrogen-bond acceptors (Lipinski definition) is 3. The third kappa shape index (κ3) is 4.17. The van der Waals surface area contributed by atoms with Crippen molar-refractivity contribution in [1.82, 2.24) is 15.1 Å². The van der Waals surface area contributed by atoms with Crippen LogP contribution in [-0.2, 0) is 21.5 Å². The molecule has 2 fully saturated rings. The lowest BCUT2D eigenvalue weighted by Gasteiger charge is -2.30. The highest BCUT2D eigenvalue weighted by molar-refractivity contribution is 6.09. The largest absolute Gasteiger partial charge is 0.325 e. The average Bonchev–Trinajstić information content (AvgIpc) is 3.65. The maximum Gasteiger partial charge on any atom is 0.325 e. The molecule has 1 N–H and O–H groups in total. The molecule has 1 heterocycles. The molecule has 170 valence electrons. The zero-order valence-electron chi connectivity index (χ0n) is 18.7. The molecule has 6 heteroatoms. The Morgan fingerprint density at radius 1 is 1.00 bits per heavy atom. The molecule has 1 saturated carbocycles. The van der Waals surface area contributed by atoms with Gasteiger partial charge in [-0.05, 0) is 49.7 Å². The number of allylic oxidation sites excluding steroid dienone is 2. The number of rotatable bonds is 7. The first kappa shape index (κ1) is 21.4. The molecule has 0 aromatic heterocycles. The normalized spacial score (nSPS) is 22.7. The number of hydrogen-bond donors (Lipinski definition) is 1. The summed E-state index contributed by atoms with van der Waals surface area (Å²) in [7, 11) is 0. The zero-order chi connectivity index (χ0) is 22.8. The molecule has 1 saturated heterocycles. The molecule has 4 amide bonds. The molecule has 1 unspecified atom stereocenters. The molecule has 2 aromatic rings. The number of amides is 4. The standard InChI is InChI=1S/C27H29N3O3/c31-24(30(23-16-17-23)22-14-8-3-9-15-22)19-29-25(32)27(28-26(29)33,21-12-6-2-7-13-21)18-20-10-4-1-5-11-20/h1-2,4-7,10-14,23H,3,8-9,15-19H2,(H,28,33). The van der Waals surface area contributed by atoms with E-state index in [-0.39, 0.29) is 24.4 Å². The van der Waals surface area contributed by atoms with Crippen LogP contribution in [0.4, 0.5) is 4.79 Å². The van der Waals surface area contributed by atoms with Crippen molar-refractivity contribution < 1.29 is 14.4 Å². The first-order valence-corrected chi connectivity index (χ1v) is 11.8. The van der Waals surface area contributed by atoms with Crippen molar-refractivity contribution in [2.24, 2.45) is 0 Å². The Morgan fingerprint density at radius 2 is 1.70 bits per heavy atom. The first-order chi connectivity index (χ1) is 16.1. The van der Waals surface area contributed by atoms with Crippen LogP contribution in [0, 0.1) is 0 Å². The van der Waals surface area contributed by atoms with Crippen molar-refractivity contribution >= 4 is 17.8 Å². The van der Waals surface area contributed by atoms with Crippen molar-refractivity contribution in [2.45, 2.75) is 56.5 Å². The summed E-state index contributed by atoms with van der Waals surface area (Å²) in [5.41, 5.74) is 1.49. The number of urea groups is 1. The Bertz CT molecular complexity index is 1080. The van der Waals surface area contributed by atoms with Crippen LogP contribution in [0.3, 0.4) is 0 Å². The molecular formula is C27H29N3O3. The third-order valence-electron chi connectivity index (χ3n) is 6.80. The zero-order valence-corrected chi connectivity index (χ0v) is 18.7. The van der Waals surface area contributed by atoms with Crippen LogP contribution in [0.1, 0.15) is 49.7 Å². The second-order valence-corrected chi connectivity index (χ2v) is 9.19. The van der Waals surface area contributed by atoms with Crippen LogP contribution in [0.5, 0.6) is 0 Å². The van der Waals surface area contributed by atoms with Crippen LogP contribution >= 0.6 is 0 Å². The SMILES string of the molecule is O=C1NC(Cc2ccccc2)(c2ccccc2)C(=O)N1CC(=O)N(C1=CCCCC1)C1CC1. The molecule has 1 atom stereocenters. The molecule has 2 aromatic carbocycles. The van der Waals surface area contributed by atoms with Gasteiger partial charge in [-0.2, -0.15) is 0 Å². The highest BCUT2D eigenvalue weighted by atomic mass is 16.2. The molecule has 3 aliphatic rings. The number of nitrogens with one attached hydrogen (secondary N) is 1. The molecule has 0 radical (unpaired) electrons. The maximum atomic E-state index is 13.8. The van der Waals surface area contributed by atoms with E-state index in [9.17, 15) is 14.4 Å². The Balaban J connectivity index is 1.43. The van der Waals surface area contributed by atoms with Gasteiger partial charge < -0.3 is 10.2 Å². The van der Waals surface area contributed by atoms with E-state index >= 15 is 0 Å². The van der Waals surface area contributed by atoms with Crippen LogP contribution in [-0.4, -0.2) is 40.2 Å². The second kappa shape index (κ2) is 8.85. The molecular weight excluding hydrogens is 414 g/mol. The van der Waals surface area contributed by atoms with Crippen molar-refractivity contribution in [1.29, 1.82) is 0 Å². The molecule has 33 heavy (non-hydrogen) atoms. The molecule has 2 aliphatic carbocycles. The van der Waals surface area contributed by atoms with Gasteiger partial charge in [0.2, 0.25) is 5.91 Å². The molecule has 0 bridgehead atoms.